The fourth-order valence-corrected chi connectivity index (χ4v) is 4.11. The molecule has 0 aliphatic rings. The van der Waals surface area contributed by atoms with E-state index in [2.05, 4.69) is 5.32 Å². The molecule has 0 bridgehead atoms. The summed E-state index contributed by atoms with van der Waals surface area (Å²) in [5.41, 5.74) is 5.18. The maximum atomic E-state index is 12.7. The van der Waals surface area contributed by atoms with E-state index in [9.17, 15) is 4.79 Å². The molecule has 0 atom stereocenters. The highest BCUT2D eigenvalue weighted by atomic mass is 35.5. The fraction of sp³-hybridized carbons (Fsp3) is 0.207. The van der Waals surface area contributed by atoms with E-state index in [0.29, 0.717) is 30.5 Å². The predicted molar refractivity (Wildman–Crippen MR) is 141 cm³/mol. The molecule has 0 unspecified atom stereocenters. The summed E-state index contributed by atoms with van der Waals surface area (Å²) in [7, 11) is 0. The van der Waals surface area contributed by atoms with Gasteiger partial charge < -0.3 is 19.2 Å². The summed E-state index contributed by atoms with van der Waals surface area (Å²) in [6.45, 7) is 7.25. The van der Waals surface area contributed by atoms with Gasteiger partial charge in [-0.15, -0.1) is 0 Å². The monoisotopic (exact) mass is 489 g/mol. The van der Waals surface area contributed by atoms with Crippen LogP contribution in [0.25, 0.3) is 27.7 Å². The molecule has 4 rings (SSSR count). The Kier molecular flexibility index (Phi) is 7.78. The molecule has 5 nitrogen and oxygen atoms in total. The van der Waals surface area contributed by atoms with Crippen molar-refractivity contribution in [2.24, 2.45) is 0 Å². The Bertz CT molecular complexity index is 1360. The number of carbonyl (C=O) groups is 1. The Morgan fingerprint density at radius 1 is 1.03 bits per heavy atom. The number of ether oxygens (including phenoxy) is 2. The molecule has 0 saturated carbocycles. The van der Waals surface area contributed by atoms with Crippen molar-refractivity contribution in [3.05, 3.63) is 89.2 Å². The molecule has 1 amide bonds. The van der Waals surface area contributed by atoms with E-state index in [1.807, 2.05) is 75.4 Å². The van der Waals surface area contributed by atoms with Gasteiger partial charge in [-0.25, -0.2) is 0 Å². The summed E-state index contributed by atoms with van der Waals surface area (Å²) in [5.74, 6) is 1.29. The first kappa shape index (κ1) is 24.4. The van der Waals surface area contributed by atoms with Crippen molar-refractivity contribution >= 4 is 34.1 Å². The molecule has 3 aromatic carbocycles. The molecule has 0 radical (unpaired) electrons. The zero-order chi connectivity index (χ0) is 24.8. The van der Waals surface area contributed by atoms with Gasteiger partial charge in [0, 0.05) is 40.2 Å². The lowest BCUT2D eigenvalue weighted by Gasteiger charge is -2.12. The number of carbonyl (C=O) groups excluding carboxylic acids is 1. The number of amides is 1. The topological polar surface area (TPSA) is 60.7 Å². The van der Waals surface area contributed by atoms with Crippen LogP contribution in [0.2, 0.25) is 5.02 Å². The largest absolute Gasteiger partial charge is 0.494 e. The third kappa shape index (κ3) is 5.69. The number of rotatable bonds is 9. The van der Waals surface area contributed by atoms with Gasteiger partial charge in [-0.3, -0.25) is 4.79 Å². The molecule has 1 N–H and O–H groups in total. The molecule has 1 heterocycles. The minimum atomic E-state index is -0.205. The molecule has 1 aromatic heterocycles. The van der Waals surface area contributed by atoms with E-state index in [0.717, 1.165) is 44.5 Å². The van der Waals surface area contributed by atoms with E-state index in [-0.39, 0.29) is 5.91 Å². The Balaban J connectivity index is 1.64. The Hall–Kier alpha value is -3.70. The van der Waals surface area contributed by atoms with Crippen LogP contribution >= 0.6 is 11.6 Å². The van der Waals surface area contributed by atoms with Crippen molar-refractivity contribution in [3.63, 3.8) is 0 Å². The third-order valence-corrected chi connectivity index (χ3v) is 6.00. The third-order valence-electron chi connectivity index (χ3n) is 5.64. The van der Waals surface area contributed by atoms with Gasteiger partial charge in [0.05, 0.1) is 19.5 Å². The molecule has 0 aliphatic heterocycles. The molecular formula is C29H28ClNO4. The zero-order valence-corrected chi connectivity index (χ0v) is 20.8. The quantitative estimate of drug-likeness (QED) is 0.251. The number of benzene rings is 3. The minimum absolute atomic E-state index is 0.205. The van der Waals surface area contributed by atoms with Gasteiger partial charge in [0.2, 0.25) is 5.91 Å². The second kappa shape index (κ2) is 11.2. The smallest absolute Gasteiger partial charge is 0.244 e. The lowest BCUT2D eigenvalue weighted by atomic mass is 9.99. The second-order valence-corrected chi connectivity index (χ2v) is 8.43. The second-order valence-electron chi connectivity index (χ2n) is 8.02. The van der Waals surface area contributed by atoms with Crippen LogP contribution in [0.3, 0.4) is 0 Å². The Morgan fingerprint density at radius 3 is 2.49 bits per heavy atom. The van der Waals surface area contributed by atoms with E-state index in [4.69, 9.17) is 25.5 Å². The lowest BCUT2D eigenvalue weighted by Crippen LogP contribution is -2.20. The highest BCUT2D eigenvalue weighted by Crippen LogP contribution is 2.38. The maximum absolute atomic E-state index is 12.7. The number of hydrogen-bond acceptors (Lipinski definition) is 4. The first-order valence-electron chi connectivity index (χ1n) is 11.6. The van der Waals surface area contributed by atoms with Crippen molar-refractivity contribution in [2.75, 3.05) is 13.2 Å². The lowest BCUT2D eigenvalue weighted by molar-refractivity contribution is -0.116. The summed E-state index contributed by atoms with van der Waals surface area (Å²) >= 11 is 6.20. The minimum Gasteiger partial charge on any atom is -0.494 e. The summed E-state index contributed by atoms with van der Waals surface area (Å²) in [6, 6.07) is 19.3. The number of nitrogens with one attached hydrogen (secondary N) is 1. The number of furan rings is 1. The van der Waals surface area contributed by atoms with Gasteiger partial charge in [-0.1, -0.05) is 41.9 Å². The highest BCUT2D eigenvalue weighted by molar-refractivity contribution is 6.31. The van der Waals surface area contributed by atoms with Crippen LogP contribution in [-0.4, -0.2) is 19.1 Å². The van der Waals surface area contributed by atoms with Gasteiger partial charge in [-0.2, -0.15) is 0 Å². The molecule has 35 heavy (non-hydrogen) atoms. The molecule has 6 heteroatoms. The Labute approximate surface area is 210 Å². The van der Waals surface area contributed by atoms with Gasteiger partial charge in [-0.05, 0) is 61.7 Å². The first-order valence-corrected chi connectivity index (χ1v) is 12.0. The summed E-state index contributed by atoms with van der Waals surface area (Å²) < 4.78 is 17.3. The van der Waals surface area contributed by atoms with Gasteiger partial charge in [0.1, 0.15) is 17.1 Å². The SMILES string of the molecule is CCOc1ccc(-c2coc3cc(OCC)c(/C(C)=C/C(=O)NCc4ccccc4Cl)cc23)cc1. The summed E-state index contributed by atoms with van der Waals surface area (Å²) in [6.07, 6.45) is 3.33. The average molecular weight is 490 g/mol. The average Bonchev–Trinajstić information content (AvgIpc) is 3.27. The van der Waals surface area contributed by atoms with Crippen LogP contribution in [0.1, 0.15) is 31.9 Å². The maximum Gasteiger partial charge on any atom is 0.244 e. The molecule has 0 fully saturated rings. The van der Waals surface area contributed by atoms with Crippen molar-refractivity contribution in [2.45, 2.75) is 27.3 Å². The van der Waals surface area contributed by atoms with Gasteiger partial charge in [0.15, 0.2) is 0 Å². The molecule has 0 spiro atoms. The number of halogens is 1. The molecule has 0 aliphatic carbocycles. The van der Waals surface area contributed by atoms with E-state index in [1.165, 1.54) is 0 Å². The van der Waals surface area contributed by atoms with Gasteiger partial charge in [0.25, 0.3) is 0 Å². The van der Waals surface area contributed by atoms with Crippen LogP contribution in [-0.2, 0) is 11.3 Å². The molecule has 4 aromatic rings. The molecule has 0 saturated heterocycles. The number of fused-ring (bicyclic) bond motifs is 1. The predicted octanol–water partition coefficient (Wildman–Crippen LogP) is 7.27. The molecular weight excluding hydrogens is 462 g/mol. The standard InChI is InChI=1S/C29H28ClNO4/c1-4-33-22-12-10-20(11-13-22)25-18-35-28-16-27(34-5-2)23(15-24(25)28)19(3)14-29(32)31-17-21-8-6-7-9-26(21)30/h6-16,18H,4-5,17H2,1-3H3,(H,31,32)/b19-14+. The van der Waals surface area contributed by atoms with Crippen molar-refractivity contribution in [3.8, 4) is 22.6 Å². The van der Waals surface area contributed by atoms with E-state index < -0.39 is 0 Å². The zero-order valence-electron chi connectivity index (χ0n) is 20.1. The number of allylic oxidation sites excluding steroid dienone is 1. The fourth-order valence-electron chi connectivity index (χ4n) is 3.91. The van der Waals surface area contributed by atoms with Crippen molar-refractivity contribution < 1.29 is 18.7 Å². The summed E-state index contributed by atoms with van der Waals surface area (Å²) in [5, 5.41) is 4.47. The van der Waals surface area contributed by atoms with Crippen LogP contribution in [0.15, 0.2) is 77.4 Å². The van der Waals surface area contributed by atoms with Crippen molar-refractivity contribution in [1.29, 1.82) is 0 Å². The van der Waals surface area contributed by atoms with E-state index in [1.54, 1.807) is 18.4 Å². The van der Waals surface area contributed by atoms with E-state index >= 15 is 0 Å². The van der Waals surface area contributed by atoms with Crippen molar-refractivity contribution in [1.82, 2.24) is 5.32 Å². The van der Waals surface area contributed by atoms with Gasteiger partial charge >= 0.3 is 0 Å². The summed E-state index contributed by atoms with van der Waals surface area (Å²) in [4.78, 5) is 12.7. The van der Waals surface area contributed by atoms with Crippen LogP contribution in [0.5, 0.6) is 11.5 Å². The number of hydrogen-bond donors (Lipinski definition) is 1. The normalized spacial score (nSPS) is 11.5. The van der Waals surface area contributed by atoms with Crippen LogP contribution in [0.4, 0.5) is 0 Å². The van der Waals surface area contributed by atoms with Crippen LogP contribution in [0, 0.1) is 0 Å². The van der Waals surface area contributed by atoms with Crippen LogP contribution < -0.4 is 14.8 Å². The highest BCUT2D eigenvalue weighted by Gasteiger charge is 2.15. The molecule has 180 valence electrons. The first-order chi connectivity index (χ1) is 17.0. The Morgan fingerprint density at radius 2 is 1.77 bits per heavy atom.